The van der Waals surface area contributed by atoms with Gasteiger partial charge in [-0.1, -0.05) is 51.1 Å². The summed E-state index contributed by atoms with van der Waals surface area (Å²) in [5.41, 5.74) is 1.05. The van der Waals surface area contributed by atoms with Gasteiger partial charge in [0.2, 0.25) is 5.91 Å². The van der Waals surface area contributed by atoms with Gasteiger partial charge in [-0.15, -0.1) is 0 Å². The summed E-state index contributed by atoms with van der Waals surface area (Å²) < 4.78 is 6.49. The molecule has 146 valence electrons. The van der Waals surface area contributed by atoms with Gasteiger partial charge in [0.25, 0.3) is 0 Å². The van der Waals surface area contributed by atoms with Crippen LogP contribution in [0.3, 0.4) is 0 Å². The fourth-order valence-corrected chi connectivity index (χ4v) is 4.47. The minimum Gasteiger partial charge on any atom is -0.409 e. The van der Waals surface area contributed by atoms with Crippen LogP contribution in [0.15, 0.2) is 30.3 Å². The molecule has 1 aromatic rings. The molecule has 1 heterocycles. The molecule has 1 amide bonds. The first kappa shape index (κ1) is 21.1. The minimum atomic E-state index is -2.17. The first-order chi connectivity index (χ1) is 12.1. The number of carbonyl (C=O) groups is 1. The zero-order valence-corrected chi connectivity index (χ0v) is 17.6. The van der Waals surface area contributed by atoms with Crippen LogP contribution in [0.5, 0.6) is 0 Å². The van der Waals surface area contributed by atoms with Crippen molar-refractivity contribution in [1.29, 1.82) is 0 Å². The van der Waals surface area contributed by atoms with Gasteiger partial charge in [-0.25, -0.2) is 0 Å². The molecule has 26 heavy (non-hydrogen) atoms. The average Bonchev–Trinajstić information content (AvgIpc) is 2.92. The van der Waals surface area contributed by atoms with E-state index in [-0.39, 0.29) is 23.6 Å². The second-order valence-electron chi connectivity index (χ2n) is 8.71. The Labute approximate surface area is 158 Å². The molecule has 3 atom stereocenters. The lowest BCUT2D eigenvalue weighted by molar-refractivity contribution is -0.132. The molecule has 1 aliphatic rings. The van der Waals surface area contributed by atoms with Crippen molar-refractivity contribution >= 4 is 14.2 Å². The van der Waals surface area contributed by atoms with E-state index >= 15 is 0 Å². The number of amides is 1. The number of carbonyl (C=O) groups excluding carboxylic acids is 1. The van der Waals surface area contributed by atoms with Gasteiger partial charge in [0.05, 0.1) is 18.8 Å². The number of aliphatic hydroxyl groups is 2. The van der Waals surface area contributed by atoms with E-state index in [1.807, 2.05) is 35.2 Å². The number of likely N-dealkylation sites (tertiary alicyclic amines) is 1. The number of rotatable bonds is 7. The summed E-state index contributed by atoms with van der Waals surface area (Å²) in [5.74, 6) is 0.0767. The van der Waals surface area contributed by atoms with Gasteiger partial charge in [0.1, 0.15) is 6.10 Å². The van der Waals surface area contributed by atoms with E-state index in [2.05, 4.69) is 33.9 Å². The van der Waals surface area contributed by atoms with Crippen molar-refractivity contribution in [3.8, 4) is 0 Å². The van der Waals surface area contributed by atoms with Crippen LogP contribution in [0.1, 0.15) is 39.2 Å². The normalized spacial score (nSPS) is 21.1. The maximum atomic E-state index is 12.5. The van der Waals surface area contributed by atoms with Gasteiger partial charge >= 0.3 is 0 Å². The van der Waals surface area contributed by atoms with E-state index < -0.39 is 20.5 Å². The summed E-state index contributed by atoms with van der Waals surface area (Å²) in [7, 11) is -2.17. The van der Waals surface area contributed by atoms with Crippen LogP contribution in [-0.4, -0.2) is 54.2 Å². The third-order valence-corrected chi connectivity index (χ3v) is 10.2. The molecule has 6 heteroatoms. The number of nitrogens with zero attached hydrogens (tertiary/aromatic N) is 1. The van der Waals surface area contributed by atoms with Crippen LogP contribution in [0.2, 0.25) is 18.1 Å². The quantitative estimate of drug-likeness (QED) is 0.715. The van der Waals surface area contributed by atoms with Crippen molar-refractivity contribution in [2.75, 3.05) is 6.61 Å². The van der Waals surface area contributed by atoms with Gasteiger partial charge < -0.3 is 19.5 Å². The lowest BCUT2D eigenvalue weighted by atomic mass is 10.0. The molecule has 0 saturated carbocycles. The van der Waals surface area contributed by atoms with E-state index in [9.17, 15) is 15.0 Å². The van der Waals surface area contributed by atoms with Gasteiger partial charge in [0, 0.05) is 13.0 Å². The second-order valence-corrected chi connectivity index (χ2v) is 13.5. The molecule has 0 spiro atoms. The minimum absolute atomic E-state index is 0.0205. The third-order valence-electron chi connectivity index (χ3n) is 5.75. The Morgan fingerprint density at radius 3 is 2.42 bits per heavy atom. The highest BCUT2D eigenvalue weighted by Crippen LogP contribution is 2.39. The molecule has 1 aromatic carbocycles. The lowest BCUT2D eigenvalue weighted by Gasteiger charge is -2.43. The molecule has 0 aliphatic carbocycles. The number of hydrogen-bond acceptors (Lipinski definition) is 4. The van der Waals surface area contributed by atoms with E-state index in [4.69, 9.17) is 4.43 Å². The summed E-state index contributed by atoms with van der Waals surface area (Å²) in [6.45, 7) is 10.8. The highest BCUT2D eigenvalue weighted by Gasteiger charge is 2.46. The first-order valence-corrected chi connectivity index (χ1v) is 12.3. The van der Waals surface area contributed by atoms with E-state index in [0.29, 0.717) is 19.4 Å². The van der Waals surface area contributed by atoms with Gasteiger partial charge in [0.15, 0.2) is 8.32 Å². The molecule has 0 bridgehead atoms. The maximum absolute atomic E-state index is 12.5. The summed E-state index contributed by atoms with van der Waals surface area (Å²) in [5, 5.41) is 20.1. The zero-order chi connectivity index (χ0) is 19.5. The fraction of sp³-hybridized carbons (Fsp3) is 0.650. The molecular weight excluding hydrogens is 346 g/mol. The van der Waals surface area contributed by atoms with Crippen LogP contribution in [0, 0.1) is 0 Å². The van der Waals surface area contributed by atoms with Gasteiger partial charge in [-0.2, -0.15) is 0 Å². The first-order valence-electron chi connectivity index (χ1n) is 9.37. The predicted molar refractivity (Wildman–Crippen MR) is 105 cm³/mol. The average molecular weight is 380 g/mol. The Morgan fingerprint density at radius 2 is 1.88 bits per heavy atom. The summed E-state index contributed by atoms with van der Waals surface area (Å²) in [6.07, 6.45) is -0.482. The van der Waals surface area contributed by atoms with Crippen molar-refractivity contribution in [3.63, 3.8) is 0 Å². The largest absolute Gasteiger partial charge is 0.409 e. The molecule has 2 N–H and O–H groups in total. The lowest BCUT2D eigenvalue weighted by Crippen LogP contribution is -2.55. The summed E-state index contributed by atoms with van der Waals surface area (Å²) in [6, 6.07) is 9.63. The van der Waals surface area contributed by atoms with E-state index in [0.717, 1.165) is 5.56 Å². The van der Waals surface area contributed by atoms with Crippen molar-refractivity contribution in [3.05, 3.63) is 35.9 Å². The molecule has 1 fully saturated rings. The zero-order valence-electron chi connectivity index (χ0n) is 16.6. The predicted octanol–water partition coefficient (Wildman–Crippen LogP) is 2.92. The number of aliphatic hydroxyl groups excluding tert-OH is 2. The molecule has 5 nitrogen and oxygen atoms in total. The highest BCUT2D eigenvalue weighted by atomic mass is 28.4. The summed E-state index contributed by atoms with van der Waals surface area (Å²) >= 11 is 0. The molecule has 0 unspecified atom stereocenters. The number of hydrogen-bond donors (Lipinski definition) is 2. The third kappa shape index (κ3) is 4.74. The molecule has 0 aromatic heterocycles. The molecule has 1 saturated heterocycles. The topological polar surface area (TPSA) is 70.0 Å². The van der Waals surface area contributed by atoms with Crippen LogP contribution >= 0.6 is 0 Å². The van der Waals surface area contributed by atoms with Crippen LogP contribution in [-0.2, 0) is 15.8 Å². The highest BCUT2D eigenvalue weighted by molar-refractivity contribution is 6.74. The van der Waals surface area contributed by atoms with Crippen molar-refractivity contribution in [2.45, 2.75) is 76.5 Å². The number of benzene rings is 1. The van der Waals surface area contributed by atoms with Crippen molar-refractivity contribution < 1.29 is 19.4 Å². The summed E-state index contributed by atoms with van der Waals surface area (Å²) in [4.78, 5) is 14.3. The van der Waals surface area contributed by atoms with Crippen molar-refractivity contribution in [2.24, 2.45) is 0 Å². The Bertz CT molecular complexity index is 600. The van der Waals surface area contributed by atoms with Crippen LogP contribution < -0.4 is 0 Å². The van der Waals surface area contributed by atoms with E-state index in [1.165, 1.54) is 0 Å². The Hall–Kier alpha value is -1.21. The van der Waals surface area contributed by atoms with E-state index in [1.54, 1.807) is 0 Å². The van der Waals surface area contributed by atoms with Gasteiger partial charge in [-0.05, 0) is 30.1 Å². The monoisotopic (exact) mass is 379 g/mol. The Kier molecular flexibility index (Phi) is 6.66. The molecule has 0 radical (unpaired) electrons. The molecular formula is C20H33NO4Si. The van der Waals surface area contributed by atoms with Crippen LogP contribution in [0.4, 0.5) is 0 Å². The SMILES string of the molecule is CC(C)(C)[Si](C)(C)O[C@H]([C@H](O)CO)[C@H]1CCC(=O)N1Cc1ccccc1. The maximum Gasteiger partial charge on any atom is 0.223 e. The standard InChI is InChI=1S/C20H33NO4Si/c1-20(2,3)26(4,5)25-19(17(23)14-22)16-11-12-18(24)21(16)13-15-9-7-6-8-10-15/h6-10,16-17,19,22-23H,11-14H2,1-5H3/t16-,17-,19+/m1/s1. The van der Waals surface area contributed by atoms with Crippen LogP contribution in [0.25, 0.3) is 0 Å². The molecule has 2 rings (SSSR count). The smallest absolute Gasteiger partial charge is 0.223 e. The Balaban J connectivity index is 2.26. The fourth-order valence-electron chi connectivity index (χ4n) is 3.12. The van der Waals surface area contributed by atoms with Gasteiger partial charge in [-0.3, -0.25) is 4.79 Å². The Morgan fingerprint density at radius 1 is 1.27 bits per heavy atom. The van der Waals surface area contributed by atoms with Crippen molar-refractivity contribution in [1.82, 2.24) is 4.90 Å². The molecule has 1 aliphatic heterocycles. The second kappa shape index (κ2) is 8.21.